The van der Waals surface area contributed by atoms with Gasteiger partial charge < -0.3 is 11.1 Å². The number of nitrogen functional groups attached to an aromatic ring is 1. The summed E-state index contributed by atoms with van der Waals surface area (Å²) in [5.74, 6) is 0.126. The van der Waals surface area contributed by atoms with E-state index in [9.17, 15) is 4.79 Å². The van der Waals surface area contributed by atoms with E-state index in [2.05, 4.69) is 5.32 Å². The quantitative estimate of drug-likeness (QED) is 0.544. The topological polar surface area (TPSA) is 55.1 Å². The van der Waals surface area contributed by atoms with E-state index in [4.69, 9.17) is 5.73 Å². The Morgan fingerprint density at radius 3 is 2.86 bits per heavy atom. The first-order chi connectivity index (χ1) is 6.79. The van der Waals surface area contributed by atoms with Gasteiger partial charge in [0.05, 0.1) is 6.04 Å². The van der Waals surface area contributed by atoms with Crippen LogP contribution in [0.3, 0.4) is 0 Å². The molecule has 0 amide bonds. The lowest BCUT2D eigenvalue weighted by molar-refractivity contribution is 0.0953. The lowest BCUT2D eigenvalue weighted by atomic mass is 10.0. The van der Waals surface area contributed by atoms with Crippen molar-refractivity contribution in [1.29, 1.82) is 0 Å². The Labute approximate surface area is 83.3 Å². The van der Waals surface area contributed by atoms with E-state index in [0.29, 0.717) is 11.3 Å². The molecule has 1 aromatic rings. The summed E-state index contributed by atoms with van der Waals surface area (Å²) in [7, 11) is 0. The fraction of sp³-hybridized carbons (Fsp3) is 0.364. The summed E-state index contributed by atoms with van der Waals surface area (Å²) < 4.78 is 0. The maximum Gasteiger partial charge on any atom is 0.181 e. The van der Waals surface area contributed by atoms with Crippen molar-refractivity contribution in [2.24, 2.45) is 0 Å². The molecule has 1 aromatic carbocycles. The summed E-state index contributed by atoms with van der Waals surface area (Å²) in [5, 5.41) is 3.18. The number of hydrogen-bond donors (Lipinski definition) is 2. The number of carbonyl (C=O) groups excluding carboxylic acids is 1. The smallest absolute Gasteiger partial charge is 0.181 e. The van der Waals surface area contributed by atoms with Crippen molar-refractivity contribution < 1.29 is 4.79 Å². The molecule has 1 atom stereocenters. The molecule has 0 spiro atoms. The van der Waals surface area contributed by atoms with Crippen LogP contribution in [0.15, 0.2) is 24.3 Å². The van der Waals surface area contributed by atoms with E-state index in [0.717, 1.165) is 19.4 Å². The first-order valence-electron chi connectivity index (χ1n) is 4.91. The minimum Gasteiger partial charge on any atom is -0.398 e. The molecule has 1 heterocycles. The maximum atomic E-state index is 11.9. The lowest BCUT2D eigenvalue weighted by Crippen LogP contribution is -2.31. The lowest BCUT2D eigenvalue weighted by Gasteiger charge is -2.10. The molecule has 3 heteroatoms. The van der Waals surface area contributed by atoms with Crippen LogP contribution in [0.1, 0.15) is 23.2 Å². The highest BCUT2D eigenvalue weighted by atomic mass is 16.1. The molecule has 74 valence electrons. The Balaban J connectivity index is 2.22. The number of benzene rings is 1. The predicted octanol–water partition coefficient (Wildman–Crippen LogP) is 1.20. The van der Waals surface area contributed by atoms with Crippen LogP contribution >= 0.6 is 0 Å². The predicted molar refractivity (Wildman–Crippen MR) is 56.2 cm³/mol. The van der Waals surface area contributed by atoms with Crippen LogP contribution < -0.4 is 11.1 Å². The highest BCUT2D eigenvalue weighted by Crippen LogP contribution is 2.17. The minimum absolute atomic E-state index is 0.0281. The number of hydrogen-bond acceptors (Lipinski definition) is 3. The van der Waals surface area contributed by atoms with Gasteiger partial charge in [-0.2, -0.15) is 0 Å². The van der Waals surface area contributed by atoms with E-state index in [-0.39, 0.29) is 11.8 Å². The zero-order valence-corrected chi connectivity index (χ0v) is 7.99. The Morgan fingerprint density at radius 2 is 2.21 bits per heavy atom. The van der Waals surface area contributed by atoms with Gasteiger partial charge in [0.2, 0.25) is 0 Å². The molecule has 3 nitrogen and oxygen atoms in total. The number of nitrogens with one attached hydrogen (secondary N) is 1. The summed E-state index contributed by atoms with van der Waals surface area (Å²) in [6.45, 7) is 0.934. The molecule has 0 saturated carbocycles. The third-order valence-corrected chi connectivity index (χ3v) is 2.60. The average Bonchev–Trinajstić information content (AvgIpc) is 2.70. The van der Waals surface area contributed by atoms with Crippen LogP contribution in [0.4, 0.5) is 5.69 Å². The van der Waals surface area contributed by atoms with Crippen LogP contribution in [-0.2, 0) is 0 Å². The van der Waals surface area contributed by atoms with Crippen molar-refractivity contribution in [2.75, 3.05) is 12.3 Å². The molecule has 0 aliphatic carbocycles. The summed E-state index contributed by atoms with van der Waals surface area (Å²) in [6, 6.07) is 7.21. The van der Waals surface area contributed by atoms with E-state index in [1.54, 1.807) is 12.1 Å². The zero-order chi connectivity index (χ0) is 9.97. The highest BCUT2D eigenvalue weighted by molar-refractivity contribution is 6.04. The van der Waals surface area contributed by atoms with Crippen molar-refractivity contribution >= 4 is 11.5 Å². The third-order valence-electron chi connectivity index (χ3n) is 2.60. The Bertz CT molecular complexity index is 343. The molecule has 0 radical (unpaired) electrons. The van der Waals surface area contributed by atoms with Gasteiger partial charge in [-0.05, 0) is 31.5 Å². The van der Waals surface area contributed by atoms with Crippen LogP contribution in [0.25, 0.3) is 0 Å². The maximum absolute atomic E-state index is 11.9. The molecule has 1 aliphatic heterocycles. The summed E-state index contributed by atoms with van der Waals surface area (Å²) in [4.78, 5) is 11.9. The molecule has 1 saturated heterocycles. The van der Waals surface area contributed by atoms with Gasteiger partial charge in [-0.25, -0.2) is 0 Å². The molecule has 1 aliphatic rings. The van der Waals surface area contributed by atoms with E-state index >= 15 is 0 Å². The number of nitrogens with two attached hydrogens (primary N) is 1. The average molecular weight is 190 g/mol. The van der Waals surface area contributed by atoms with Crippen molar-refractivity contribution in [3.63, 3.8) is 0 Å². The standard InChI is InChI=1S/C11H14N2O/c12-9-5-2-1-4-8(9)11(14)10-6-3-7-13-10/h1-2,4-5,10,13H,3,6-7,12H2. The van der Waals surface area contributed by atoms with Gasteiger partial charge in [0, 0.05) is 11.3 Å². The van der Waals surface area contributed by atoms with E-state index in [1.807, 2.05) is 12.1 Å². The molecule has 2 rings (SSSR count). The Kier molecular flexibility index (Phi) is 2.50. The van der Waals surface area contributed by atoms with Gasteiger partial charge in [0.1, 0.15) is 0 Å². The number of carbonyl (C=O) groups is 1. The van der Waals surface area contributed by atoms with Gasteiger partial charge in [0.25, 0.3) is 0 Å². The van der Waals surface area contributed by atoms with Crippen molar-refractivity contribution in [2.45, 2.75) is 18.9 Å². The number of Topliss-reactive ketones (excluding diaryl/α,β-unsaturated/α-hetero) is 1. The molecular formula is C11H14N2O. The Morgan fingerprint density at radius 1 is 1.43 bits per heavy atom. The van der Waals surface area contributed by atoms with Crippen LogP contribution in [0.5, 0.6) is 0 Å². The second-order valence-electron chi connectivity index (χ2n) is 3.60. The van der Waals surface area contributed by atoms with Crippen LogP contribution in [-0.4, -0.2) is 18.4 Å². The highest BCUT2D eigenvalue weighted by Gasteiger charge is 2.24. The van der Waals surface area contributed by atoms with Gasteiger partial charge in [-0.3, -0.25) is 4.79 Å². The van der Waals surface area contributed by atoms with E-state index in [1.165, 1.54) is 0 Å². The summed E-state index contributed by atoms with van der Waals surface area (Å²) in [6.07, 6.45) is 2.00. The zero-order valence-electron chi connectivity index (χ0n) is 7.99. The number of anilines is 1. The van der Waals surface area contributed by atoms with Gasteiger partial charge in [0.15, 0.2) is 5.78 Å². The number of para-hydroxylation sites is 1. The van der Waals surface area contributed by atoms with Crippen molar-refractivity contribution in [1.82, 2.24) is 5.32 Å². The molecule has 1 unspecified atom stereocenters. The number of ketones is 1. The summed E-state index contributed by atoms with van der Waals surface area (Å²) in [5.41, 5.74) is 6.96. The number of rotatable bonds is 2. The fourth-order valence-electron chi connectivity index (χ4n) is 1.82. The normalized spacial score (nSPS) is 21.0. The molecular weight excluding hydrogens is 176 g/mol. The molecule has 0 bridgehead atoms. The first-order valence-corrected chi connectivity index (χ1v) is 4.91. The second-order valence-corrected chi connectivity index (χ2v) is 3.60. The molecule has 3 N–H and O–H groups in total. The van der Waals surface area contributed by atoms with E-state index < -0.39 is 0 Å². The molecule has 14 heavy (non-hydrogen) atoms. The SMILES string of the molecule is Nc1ccccc1C(=O)C1CCCN1. The molecule has 0 aromatic heterocycles. The Hall–Kier alpha value is -1.35. The molecule has 1 fully saturated rings. The van der Waals surface area contributed by atoms with Crippen LogP contribution in [0.2, 0.25) is 0 Å². The largest absolute Gasteiger partial charge is 0.398 e. The summed E-state index contributed by atoms with van der Waals surface area (Å²) >= 11 is 0. The van der Waals surface area contributed by atoms with Crippen molar-refractivity contribution in [3.8, 4) is 0 Å². The second kappa shape index (κ2) is 3.80. The van der Waals surface area contributed by atoms with Gasteiger partial charge in [-0.1, -0.05) is 12.1 Å². The van der Waals surface area contributed by atoms with Crippen LogP contribution in [0, 0.1) is 0 Å². The van der Waals surface area contributed by atoms with Gasteiger partial charge in [-0.15, -0.1) is 0 Å². The third kappa shape index (κ3) is 1.63. The van der Waals surface area contributed by atoms with Gasteiger partial charge >= 0.3 is 0 Å². The van der Waals surface area contributed by atoms with Crippen molar-refractivity contribution in [3.05, 3.63) is 29.8 Å². The monoisotopic (exact) mass is 190 g/mol. The minimum atomic E-state index is -0.0281. The first kappa shape index (κ1) is 9.21. The fourth-order valence-corrected chi connectivity index (χ4v) is 1.82.